The van der Waals surface area contributed by atoms with Gasteiger partial charge in [-0.05, 0) is 50.4 Å². The zero-order valence-electron chi connectivity index (χ0n) is 13.8. The third kappa shape index (κ3) is 3.25. The Morgan fingerprint density at radius 1 is 1.30 bits per heavy atom. The molecule has 126 valence electrons. The van der Waals surface area contributed by atoms with Crippen LogP contribution in [0.5, 0.6) is 0 Å². The molecular weight excluding hydrogens is 298 g/mol. The van der Waals surface area contributed by atoms with Gasteiger partial charge in [-0.1, -0.05) is 12.1 Å². The van der Waals surface area contributed by atoms with Crippen molar-refractivity contribution in [1.29, 1.82) is 0 Å². The first-order chi connectivity index (χ1) is 10.9. The highest BCUT2D eigenvalue weighted by Crippen LogP contribution is 2.49. The highest BCUT2D eigenvalue weighted by molar-refractivity contribution is 5.79. The molecule has 2 fully saturated rings. The van der Waals surface area contributed by atoms with Gasteiger partial charge in [0.05, 0.1) is 0 Å². The predicted octanol–water partition coefficient (Wildman–Crippen LogP) is 3.08. The molecule has 0 aromatic heterocycles. The van der Waals surface area contributed by atoms with Crippen LogP contribution in [0.3, 0.4) is 0 Å². The standard InChI is InChI=1S/C18H24F2N2O/c1-21(2)17(23)14-10-18(20,11-14)15-6-5-13(16(19)9-15)12-22-7-3-4-8-22/h5-6,9,14H,3-4,7-8,10-12H2,1-2H3/t14-,18+. The molecule has 2 aliphatic rings. The summed E-state index contributed by atoms with van der Waals surface area (Å²) >= 11 is 0. The van der Waals surface area contributed by atoms with Gasteiger partial charge in [0.2, 0.25) is 5.91 Å². The van der Waals surface area contributed by atoms with E-state index in [0.717, 1.165) is 25.9 Å². The number of alkyl halides is 1. The minimum atomic E-state index is -1.57. The molecule has 23 heavy (non-hydrogen) atoms. The predicted molar refractivity (Wildman–Crippen MR) is 85.1 cm³/mol. The Labute approximate surface area is 136 Å². The fourth-order valence-corrected chi connectivity index (χ4v) is 3.63. The van der Waals surface area contributed by atoms with E-state index in [1.165, 1.54) is 11.0 Å². The Kier molecular flexibility index (Phi) is 4.41. The van der Waals surface area contributed by atoms with Crippen LogP contribution in [0, 0.1) is 11.7 Å². The first-order valence-corrected chi connectivity index (χ1v) is 8.30. The summed E-state index contributed by atoms with van der Waals surface area (Å²) in [7, 11) is 3.35. The van der Waals surface area contributed by atoms with E-state index in [2.05, 4.69) is 4.90 Å². The van der Waals surface area contributed by atoms with Crippen molar-refractivity contribution in [2.75, 3.05) is 27.2 Å². The van der Waals surface area contributed by atoms with Crippen molar-refractivity contribution in [3.05, 3.63) is 35.1 Å². The molecule has 1 saturated carbocycles. The lowest BCUT2D eigenvalue weighted by Gasteiger charge is -2.41. The van der Waals surface area contributed by atoms with Gasteiger partial charge in [0.25, 0.3) is 0 Å². The van der Waals surface area contributed by atoms with Gasteiger partial charge in [0, 0.05) is 32.1 Å². The van der Waals surface area contributed by atoms with Crippen LogP contribution in [0.2, 0.25) is 0 Å². The molecule has 3 nitrogen and oxygen atoms in total. The number of hydrogen-bond donors (Lipinski definition) is 0. The van der Waals surface area contributed by atoms with Gasteiger partial charge in [-0.3, -0.25) is 9.69 Å². The van der Waals surface area contributed by atoms with E-state index >= 15 is 0 Å². The molecule has 1 aromatic carbocycles. The second kappa shape index (κ2) is 6.19. The first kappa shape index (κ1) is 16.4. The van der Waals surface area contributed by atoms with Gasteiger partial charge in [0.1, 0.15) is 11.5 Å². The SMILES string of the molecule is CN(C)C(=O)[C@H]1C[C@](F)(c2ccc(CN3CCCC3)c(F)c2)C1. The summed E-state index contributed by atoms with van der Waals surface area (Å²) in [6, 6.07) is 4.71. The van der Waals surface area contributed by atoms with Crippen molar-refractivity contribution in [1.82, 2.24) is 9.80 Å². The quantitative estimate of drug-likeness (QED) is 0.850. The zero-order chi connectivity index (χ0) is 16.6. The maximum Gasteiger partial charge on any atom is 0.225 e. The lowest BCUT2D eigenvalue weighted by Crippen LogP contribution is -2.45. The number of carbonyl (C=O) groups excluding carboxylic acids is 1. The topological polar surface area (TPSA) is 23.6 Å². The maximum atomic E-state index is 14.9. The van der Waals surface area contributed by atoms with E-state index in [1.807, 2.05) is 0 Å². The average Bonchev–Trinajstić information content (AvgIpc) is 2.98. The van der Waals surface area contributed by atoms with Gasteiger partial charge in [0.15, 0.2) is 0 Å². The smallest absolute Gasteiger partial charge is 0.225 e. The monoisotopic (exact) mass is 322 g/mol. The van der Waals surface area contributed by atoms with Crippen LogP contribution in [-0.2, 0) is 17.0 Å². The number of hydrogen-bond acceptors (Lipinski definition) is 2. The molecule has 1 aromatic rings. The van der Waals surface area contributed by atoms with E-state index in [4.69, 9.17) is 0 Å². The summed E-state index contributed by atoms with van der Waals surface area (Å²) in [6.07, 6.45) is 2.62. The van der Waals surface area contributed by atoms with Crippen molar-refractivity contribution in [3.8, 4) is 0 Å². The Morgan fingerprint density at radius 3 is 2.52 bits per heavy atom. The number of halogens is 2. The summed E-state index contributed by atoms with van der Waals surface area (Å²) in [5.41, 5.74) is -0.578. The Morgan fingerprint density at radius 2 is 1.96 bits per heavy atom. The highest BCUT2D eigenvalue weighted by atomic mass is 19.1. The van der Waals surface area contributed by atoms with Crippen LogP contribution in [-0.4, -0.2) is 42.9 Å². The molecular formula is C18H24F2N2O. The van der Waals surface area contributed by atoms with E-state index in [9.17, 15) is 13.6 Å². The Balaban J connectivity index is 1.67. The molecule has 0 bridgehead atoms. The van der Waals surface area contributed by atoms with Crippen LogP contribution in [0.1, 0.15) is 36.8 Å². The van der Waals surface area contributed by atoms with Crippen LogP contribution >= 0.6 is 0 Å². The fraction of sp³-hybridized carbons (Fsp3) is 0.611. The Hall–Kier alpha value is -1.49. The average molecular weight is 322 g/mol. The van der Waals surface area contributed by atoms with Crippen molar-refractivity contribution in [2.45, 2.75) is 37.9 Å². The summed E-state index contributed by atoms with van der Waals surface area (Å²) in [5.74, 6) is -0.680. The molecule has 0 radical (unpaired) electrons. The van der Waals surface area contributed by atoms with E-state index in [0.29, 0.717) is 17.7 Å². The second-order valence-electron chi connectivity index (χ2n) is 7.09. The molecule has 0 unspecified atom stereocenters. The molecule has 1 heterocycles. The molecule has 0 N–H and O–H groups in total. The minimum Gasteiger partial charge on any atom is -0.349 e. The van der Waals surface area contributed by atoms with Gasteiger partial charge in [-0.15, -0.1) is 0 Å². The lowest BCUT2D eigenvalue weighted by molar-refractivity contribution is -0.142. The number of rotatable bonds is 4. The van der Waals surface area contributed by atoms with Crippen molar-refractivity contribution in [3.63, 3.8) is 0 Å². The number of nitrogens with zero attached hydrogens (tertiary/aromatic N) is 2. The van der Waals surface area contributed by atoms with Crippen molar-refractivity contribution >= 4 is 5.91 Å². The number of benzene rings is 1. The molecule has 1 aliphatic heterocycles. The van der Waals surface area contributed by atoms with Crippen LogP contribution in [0.15, 0.2) is 18.2 Å². The highest BCUT2D eigenvalue weighted by Gasteiger charge is 2.49. The third-order valence-electron chi connectivity index (χ3n) is 5.09. The normalized spacial score (nSPS) is 27.7. The van der Waals surface area contributed by atoms with E-state index in [-0.39, 0.29) is 30.5 Å². The largest absolute Gasteiger partial charge is 0.349 e. The molecule has 0 atom stereocenters. The molecule has 1 amide bonds. The summed E-state index contributed by atoms with van der Waals surface area (Å²) in [4.78, 5) is 15.5. The summed E-state index contributed by atoms with van der Waals surface area (Å²) in [5, 5.41) is 0. The van der Waals surface area contributed by atoms with Crippen LogP contribution < -0.4 is 0 Å². The molecule has 1 saturated heterocycles. The zero-order valence-corrected chi connectivity index (χ0v) is 13.8. The van der Waals surface area contributed by atoms with Gasteiger partial charge < -0.3 is 4.90 Å². The Bertz CT molecular complexity index is 591. The maximum absolute atomic E-state index is 14.9. The number of likely N-dealkylation sites (tertiary alicyclic amines) is 1. The molecule has 1 aliphatic carbocycles. The van der Waals surface area contributed by atoms with Gasteiger partial charge in [-0.25, -0.2) is 8.78 Å². The van der Waals surface area contributed by atoms with Crippen LogP contribution in [0.4, 0.5) is 8.78 Å². The van der Waals surface area contributed by atoms with Gasteiger partial charge >= 0.3 is 0 Å². The fourth-order valence-electron chi connectivity index (χ4n) is 3.63. The first-order valence-electron chi connectivity index (χ1n) is 8.30. The lowest BCUT2D eigenvalue weighted by atomic mass is 9.68. The minimum absolute atomic E-state index is 0.0515. The van der Waals surface area contributed by atoms with E-state index < -0.39 is 5.67 Å². The van der Waals surface area contributed by atoms with Crippen LogP contribution in [0.25, 0.3) is 0 Å². The summed E-state index contributed by atoms with van der Waals surface area (Å²) in [6.45, 7) is 2.60. The molecule has 0 spiro atoms. The molecule has 3 rings (SSSR count). The summed E-state index contributed by atoms with van der Waals surface area (Å²) < 4.78 is 29.2. The number of amides is 1. The van der Waals surface area contributed by atoms with Crippen molar-refractivity contribution < 1.29 is 13.6 Å². The van der Waals surface area contributed by atoms with E-state index in [1.54, 1.807) is 26.2 Å². The second-order valence-corrected chi connectivity index (χ2v) is 7.09. The van der Waals surface area contributed by atoms with Gasteiger partial charge in [-0.2, -0.15) is 0 Å². The number of carbonyl (C=O) groups is 1. The third-order valence-corrected chi connectivity index (χ3v) is 5.09. The molecule has 5 heteroatoms. The van der Waals surface area contributed by atoms with Crippen molar-refractivity contribution in [2.24, 2.45) is 5.92 Å².